The van der Waals surface area contributed by atoms with Gasteiger partial charge in [-0.05, 0) is 37.5 Å². The van der Waals surface area contributed by atoms with Gasteiger partial charge in [-0.1, -0.05) is 343 Å². The summed E-state index contributed by atoms with van der Waals surface area (Å²) in [6, 6.07) is 0. The second kappa shape index (κ2) is 67.9. The molecule has 0 radical (unpaired) electrons. The fraction of sp³-hybridized carbons (Fsp3) is 0.947. The number of hydrogen-bond donors (Lipinski definition) is 3. The number of phosphoric ester groups is 2. The van der Waals surface area contributed by atoms with Crippen molar-refractivity contribution in [2.24, 2.45) is 11.8 Å². The van der Waals surface area contributed by atoms with Crippen LogP contribution in [0.1, 0.15) is 395 Å². The largest absolute Gasteiger partial charge is 0.472 e. The summed E-state index contributed by atoms with van der Waals surface area (Å²) in [4.78, 5) is 72.8. The van der Waals surface area contributed by atoms with Crippen LogP contribution in [0.15, 0.2) is 0 Å². The van der Waals surface area contributed by atoms with E-state index in [0.717, 1.165) is 108 Å². The Morgan fingerprint density at radius 3 is 0.800 bits per heavy atom. The number of hydrogen-bond acceptors (Lipinski definition) is 15. The number of phosphoric acid groups is 2. The van der Waals surface area contributed by atoms with Gasteiger partial charge in [-0.2, -0.15) is 0 Å². The molecule has 0 rings (SSSR count). The molecule has 6 atom stereocenters. The summed E-state index contributed by atoms with van der Waals surface area (Å²) in [5.41, 5.74) is 0. The average molecular weight is 1400 g/mol. The molecule has 0 aliphatic carbocycles. The SMILES string of the molecule is CCCCCCCCCCCCCCCCCC(=O)OC[C@H](COP(=O)(O)OC[C@@H](O)COP(=O)(O)OC[C@@H](COC(=O)CCCCCCCCC(C)CC)OC(=O)CCCCCCCCCCCCCCCC)OC(=O)CCCCCCCCCCCCCCCC(C)C. The number of rotatable bonds is 75. The number of unbranched alkanes of at least 4 members (excludes halogenated alkanes) is 44. The molecular formula is C76H148O17P2. The zero-order valence-corrected chi connectivity index (χ0v) is 63.8. The molecule has 17 nitrogen and oxygen atoms in total. The minimum Gasteiger partial charge on any atom is -0.462 e. The molecule has 0 fully saturated rings. The normalized spacial score (nSPS) is 14.3. The first kappa shape index (κ1) is 93.1. The average Bonchev–Trinajstić information content (AvgIpc) is 1.36. The van der Waals surface area contributed by atoms with Crippen LogP contribution in [-0.4, -0.2) is 96.7 Å². The molecule has 0 heterocycles. The molecule has 0 spiro atoms. The Hall–Kier alpha value is -1.94. The molecule has 0 saturated carbocycles. The van der Waals surface area contributed by atoms with E-state index in [-0.39, 0.29) is 25.7 Å². The zero-order valence-electron chi connectivity index (χ0n) is 62.0. The topological polar surface area (TPSA) is 237 Å². The van der Waals surface area contributed by atoms with Crippen molar-refractivity contribution in [3.8, 4) is 0 Å². The van der Waals surface area contributed by atoms with E-state index in [1.54, 1.807) is 0 Å². The lowest BCUT2D eigenvalue weighted by Gasteiger charge is -2.21. The van der Waals surface area contributed by atoms with Gasteiger partial charge in [-0.25, -0.2) is 9.13 Å². The van der Waals surface area contributed by atoms with Gasteiger partial charge in [0.2, 0.25) is 0 Å². The molecule has 0 aliphatic heterocycles. The van der Waals surface area contributed by atoms with Gasteiger partial charge in [0.05, 0.1) is 26.4 Å². The summed E-state index contributed by atoms with van der Waals surface area (Å²) in [5.74, 6) is -0.597. The van der Waals surface area contributed by atoms with Crippen LogP contribution in [-0.2, 0) is 65.4 Å². The third-order valence-electron chi connectivity index (χ3n) is 18.1. The molecule has 0 amide bonds. The lowest BCUT2D eigenvalue weighted by molar-refractivity contribution is -0.161. The van der Waals surface area contributed by atoms with E-state index >= 15 is 0 Å². The quantitative estimate of drug-likeness (QED) is 0.0222. The first-order valence-electron chi connectivity index (χ1n) is 39.5. The Morgan fingerprint density at radius 2 is 0.537 bits per heavy atom. The summed E-state index contributed by atoms with van der Waals surface area (Å²) < 4.78 is 68.5. The Kier molecular flexibility index (Phi) is 66.5. The number of aliphatic hydroxyl groups is 1. The van der Waals surface area contributed by atoms with E-state index in [1.165, 1.54) is 205 Å². The highest BCUT2D eigenvalue weighted by Crippen LogP contribution is 2.45. The predicted molar refractivity (Wildman–Crippen MR) is 386 cm³/mol. The van der Waals surface area contributed by atoms with Crippen molar-refractivity contribution in [3.05, 3.63) is 0 Å². The Balaban J connectivity index is 5.26. The summed E-state index contributed by atoms with van der Waals surface area (Å²) in [7, 11) is -9.91. The molecule has 0 saturated heterocycles. The maximum Gasteiger partial charge on any atom is 0.472 e. The van der Waals surface area contributed by atoms with Gasteiger partial charge < -0.3 is 33.8 Å². The van der Waals surface area contributed by atoms with E-state index in [2.05, 4.69) is 41.5 Å². The van der Waals surface area contributed by atoms with Crippen molar-refractivity contribution in [3.63, 3.8) is 0 Å². The molecule has 95 heavy (non-hydrogen) atoms. The molecule has 0 aromatic carbocycles. The highest BCUT2D eigenvalue weighted by molar-refractivity contribution is 7.47. The summed E-state index contributed by atoms with van der Waals surface area (Å²) in [6.07, 6.45) is 55.4. The van der Waals surface area contributed by atoms with Gasteiger partial charge in [0, 0.05) is 25.7 Å². The van der Waals surface area contributed by atoms with E-state index in [4.69, 9.17) is 37.0 Å². The van der Waals surface area contributed by atoms with Gasteiger partial charge in [0.25, 0.3) is 0 Å². The standard InChI is InChI=1S/C76H148O17P2/c1-7-10-12-14-16-18-20-22-24-28-31-35-39-46-52-58-73(78)86-64-71(92-75(80)61-55-49-41-37-33-29-25-26-30-34-38-44-50-56-68(4)5)66-90-94(82,83)88-62-70(77)63-89-95(84,85)91-67-72(65-87-74(79)59-53-47-43-42-45-51-57-69(6)9-3)93-76(81)60-54-48-40-36-32-27-23-21-19-17-15-13-11-8-2/h68-72,77H,7-67H2,1-6H3,(H,82,83)(H,84,85)/t69?,70-,71-,72-/m1/s1. The van der Waals surface area contributed by atoms with Gasteiger partial charge in [0.1, 0.15) is 19.3 Å². The maximum atomic E-state index is 13.1. The summed E-state index contributed by atoms with van der Waals surface area (Å²) >= 11 is 0. The van der Waals surface area contributed by atoms with Crippen molar-refractivity contribution >= 4 is 39.5 Å². The number of carbonyl (C=O) groups excluding carboxylic acids is 4. The zero-order chi connectivity index (χ0) is 70.0. The Bertz CT molecular complexity index is 1840. The van der Waals surface area contributed by atoms with E-state index in [9.17, 15) is 43.2 Å². The van der Waals surface area contributed by atoms with Crippen molar-refractivity contribution in [1.29, 1.82) is 0 Å². The van der Waals surface area contributed by atoms with Crippen LogP contribution in [0.4, 0.5) is 0 Å². The number of ether oxygens (including phenoxy) is 4. The van der Waals surface area contributed by atoms with Gasteiger partial charge in [0.15, 0.2) is 12.2 Å². The predicted octanol–water partition coefficient (Wildman–Crippen LogP) is 22.3. The summed E-state index contributed by atoms with van der Waals surface area (Å²) in [5, 5.41) is 10.6. The van der Waals surface area contributed by atoms with Crippen LogP contribution in [0.3, 0.4) is 0 Å². The van der Waals surface area contributed by atoms with Gasteiger partial charge in [-0.3, -0.25) is 37.3 Å². The van der Waals surface area contributed by atoms with Crippen LogP contribution in [0, 0.1) is 11.8 Å². The van der Waals surface area contributed by atoms with Crippen molar-refractivity contribution in [2.75, 3.05) is 39.6 Å². The minimum absolute atomic E-state index is 0.107. The maximum absolute atomic E-state index is 13.1. The third kappa shape index (κ3) is 69.0. The first-order chi connectivity index (χ1) is 45.9. The monoisotopic (exact) mass is 1400 g/mol. The highest BCUT2D eigenvalue weighted by atomic mass is 31.2. The molecule has 0 aromatic rings. The van der Waals surface area contributed by atoms with E-state index in [1.807, 2.05) is 0 Å². The molecule has 0 bridgehead atoms. The number of esters is 4. The molecule has 0 aromatic heterocycles. The lowest BCUT2D eigenvalue weighted by atomic mass is 10.00. The number of carbonyl (C=O) groups is 4. The van der Waals surface area contributed by atoms with Crippen LogP contribution in [0.5, 0.6) is 0 Å². The van der Waals surface area contributed by atoms with Crippen molar-refractivity contribution in [2.45, 2.75) is 413 Å². The van der Waals surface area contributed by atoms with Crippen LogP contribution in [0.2, 0.25) is 0 Å². The van der Waals surface area contributed by atoms with Crippen LogP contribution in [0.25, 0.3) is 0 Å². The fourth-order valence-electron chi connectivity index (χ4n) is 11.6. The highest BCUT2D eigenvalue weighted by Gasteiger charge is 2.30. The lowest BCUT2D eigenvalue weighted by Crippen LogP contribution is -2.30. The van der Waals surface area contributed by atoms with Gasteiger partial charge >= 0.3 is 39.5 Å². The van der Waals surface area contributed by atoms with Crippen LogP contribution < -0.4 is 0 Å². The molecule has 19 heteroatoms. The van der Waals surface area contributed by atoms with Crippen LogP contribution >= 0.6 is 15.6 Å². The summed E-state index contributed by atoms with van der Waals surface area (Å²) in [6.45, 7) is 9.58. The number of aliphatic hydroxyl groups excluding tert-OH is 1. The Labute approximate surface area is 581 Å². The molecular weight excluding hydrogens is 1250 g/mol. The van der Waals surface area contributed by atoms with Gasteiger partial charge in [-0.15, -0.1) is 0 Å². The van der Waals surface area contributed by atoms with E-state index in [0.29, 0.717) is 25.7 Å². The molecule has 564 valence electrons. The molecule has 3 unspecified atom stereocenters. The second-order valence-corrected chi connectivity index (χ2v) is 31.0. The smallest absolute Gasteiger partial charge is 0.462 e. The molecule has 3 N–H and O–H groups in total. The minimum atomic E-state index is -4.96. The first-order valence-corrected chi connectivity index (χ1v) is 42.5. The third-order valence-corrected chi connectivity index (χ3v) is 20.0. The molecule has 0 aliphatic rings. The van der Waals surface area contributed by atoms with Crippen molar-refractivity contribution in [1.82, 2.24) is 0 Å². The fourth-order valence-corrected chi connectivity index (χ4v) is 13.2. The Morgan fingerprint density at radius 1 is 0.305 bits per heavy atom. The van der Waals surface area contributed by atoms with Crippen molar-refractivity contribution < 1.29 is 80.2 Å². The van der Waals surface area contributed by atoms with E-state index < -0.39 is 97.5 Å². The second-order valence-electron chi connectivity index (χ2n) is 28.1.